The van der Waals surface area contributed by atoms with Gasteiger partial charge in [0.05, 0.1) is 0 Å². The zero-order valence-corrected chi connectivity index (χ0v) is 14.7. The number of aromatic nitrogens is 3. The van der Waals surface area contributed by atoms with Crippen molar-refractivity contribution in [3.8, 4) is 17.3 Å². The van der Waals surface area contributed by atoms with Crippen LogP contribution in [0, 0.1) is 17.3 Å². The standard InChI is InChI=1S/C19H17FN6O/c1-25-4-2-12-6-13(9-23-18(12)25)14-7-16(20)17(22-8-14)19(27)24-15-3-5-26(10-15)11-21/h2,4,6-9,15H,3,5,10H2,1H3,(H,24,27)/t15-/m1/s1. The predicted octanol–water partition coefficient (Wildman–Crippen LogP) is 2.06. The van der Waals surface area contributed by atoms with Crippen molar-refractivity contribution >= 4 is 16.9 Å². The maximum atomic E-state index is 14.5. The lowest BCUT2D eigenvalue weighted by molar-refractivity contribution is 0.0929. The molecule has 4 rings (SSSR count). The first-order valence-electron chi connectivity index (χ1n) is 8.57. The fourth-order valence-electron chi connectivity index (χ4n) is 3.30. The Bertz CT molecular complexity index is 1070. The quantitative estimate of drug-likeness (QED) is 0.719. The van der Waals surface area contributed by atoms with Crippen molar-refractivity contribution in [3.63, 3.8) is 0 Å². The van der Waals surface area contributed by atoms with E-state index < -0.39 is 11.7 Å². The lowest BCUT2D eigenvalue weighted by atomic mass is 10.1. The summed E-state index contributed by atoms with van der Waals surface area (Å²) in [6.45, 7) is 1.02. The highest BCUT2D eigenvalue weighted by atomic mass is 19.1. The Morgan fingerprint density at radius 3 is 2.85 bits per heavy atom. The first-order chi connectivity index (χ1) is 13.0. The van der Waals surface area contributed by atoms with Crippen molar-refractivity contribution in [2.24, 2.45) is 7.05 Å². The van der Waals surface area contributed by atoms with Crippen molar-refractivity contribution in [2.45, 2.75) is 12.5 Å². The van der Waals surface area contributed by atoms with Gasteiger partial charge >= 0.3 is 0 Å². The van der Waals surface area contributed by atoms with Crippen LogP contribution >= 0.6 is 0 Å². The van der Waals surface area contributed by atoms with E-state index in [9.17, 15) is 9.18 Å². The van der Waals surface area contributed by atoms with Crippen LogP contribution < -0.4 is 5.32 Å². The summed E-state index contributed by atoms with van der Waals surface area (Å²) in [5.41, 5.74) is 1.88. The van der Waals surface area contributed by atoms with Gasteiger partial charge in [-0.05, 0) is 24.6 Å². The van der Waals surface area contributed by atoms with E-state index >= 15 is 0 Å². The number of nitrogens with one attached hydrogen (secondary N) is 1. The van der Waals surface area contributed by atoms with Crippen LogP contribution in [0.25, 0.3) is 22.2 Å². The zero-order valence-electron chi connectivity index (χ0n) is 14.7. The molecule has 1 saturated heterocycles. The molecule has 136 valence electrons. The van der Waals surface area contributed by atoms with Crippen molar-refractivity contribution in [3.05, 3.63) is 48.3 Å². The SMILES string of the molecule is Cn1ccc2cc(-c3cnc(C(=O)N[C@@H]4CCN(C#N)C4)c(F)c3)cnc21. The van der Waals surface area contributed by atoms with Crippen molar-refractivity contribution in [1.82, 2.24) is 24.8 Å². The summed E-state index contributed by atoms with van der Waals surface area (Å²) in [5.74, 6) is -1.26. The normalized spacial score (nSPS) is 16.5. The summed E-state index contributed by atoms with van der Waals surface area (Å²) in [5, 5.41) is 12.6. The lowest BCUT2D eigenvalue weighted by Gasteiger charge is -2.12. The molecule has 1 atom stereocenters. The molecular weight excluding hydrogens is 347 g/mol. The second kappa shape index (κ2) is 6.68. The van der Waals surface area contributed by atoms with Gasteiger partial charge in [0.15, 0.2) is 17.7 Å². The number of pyridine rings is 2. The average Bonchev–Trinajstić information content (AvgIpc) is 3.27. The molecule has 4 heterocycles. The number of nitrogens with zero attached hydrogens (tertiary/aromatic N) is 5. The van der Waals surface area contributed by atoms with Crippen molar-refractivity contribution in [1.29, 1.82) is 5.26 Å². The summed E-state index contributed by atoms with van der Waals surface area (Å²) in [7, 11) is 1.91. The third-order valence-corrected chi connectivity index (χ3v) is 4.76. The largest absolute Gasteiger partial charge is 0.346 e. The lowest BCUT2D eigenvalue weighted by Crippen LogP contribution is -2.37. The molecule has 7 nitrogen and oxygen atoms in total. The number of likely N-dealkylation sites (tertiary alicyclic amines) is 1. The third-order valence-electron chi connectivity index (χ3n) is 4.76. The molecular formula is C19H17FN6O. The Balaban J connectivity index is 1.54. The third kappa shape index (κ3) is 3.19. The van der Waals surface area contributed by atoms with Gasteiger partial charge in [-0.15, -0.1) is 0 Å². The van der Waals surface area contributed by atoms with Crippen LogP contribution in [-0.2, 0) is 7.05 Å². The molecule has 1 amide bonds. The number of carbonyl (C=O) groups excluding carboxylic acids is 1. The van der Waals surface area contributed by atoms with Gasteiger partial charge in [0.2, 0.25) is 0 Å². The topological polar surface area (TPSA) is 86.8 Å². The van der Waals surface area contributed by atoms with Crippen LogP contribution in [0.15, 0.2) is 36.8 Å². The van der Waals surface area contributed by atoms with Gasteiger partial charge in [0.25, 0.3) is 5.91 Å². The molecule has 0 unspecified atom stereocenters. The Morgan fingerprint density at radius 2 is 2.11 bits per heavy atom. The molecule has 0 aliphatic carbocycles. The van der Waals surface area contributed by atoms with Gasteiger partial charge in [-0.25, -0.2) is 14.4 Å². The number of aryl methyl sites for hydroxylation is 1. The van der Waals surface area contributed by atoms with E-state index in [1.54, 1.807) is 11.1 Å². The number of rotatable bonds is 3. The number of amides is 1. The zero-order chi connectivity index (χ0) is 19.0. The molecule has 1 aliphatic rings. The predicted molar refractivity (Wildman–Crippen MR) is 97.0 cm³/mol. The van der Waals surface area contributed by atoms with E-state index in [4.69, 9.17) is 5.26 Å². The van der Waals surface area contributed by atoms with E-state index in [1.165, 1.54) is 12.3 Å². The molecule has 1 N–H and O–H groups in total. The first kappa shape index (κ1) is 17.0. The van der Waals surface area contributed by atoms with Crippen LogP contribution in [0.1, 0.15) is 16.9 Å². The van der Waals surface area contributed by atoms with Gasteiger partial charge in [-0.3, -0.25) is 4.79 Å². The number of hydrogen-bond acceptors (Lipinski definition) is 5. The van der Waals surface area contributed by atoms with Gasteiger partial charge in [0, 0.05) is 61.3 Å². The highest BCUT2D eigenvalue weighted by molar-refractivity contribution is 5.93. The summed E-state index contributed by atoms with van der Waals surface area (Å²) >= 11 is 0. The molecule has 0 aromatic carbocycles. The van der Waals surface area contributed by atoms with Gasteiger partial charge in [-0.1, -0.05) is 0 Å². The molecule has 1 fully saturated rings. The van der Waals surface area contributed by atoms with Gasteiger partial charge in [0.1, 0.15) is 5.65 Å². The maximum absolute atomic E-state index is 14.5. The molecule has 27 heavy (non-hydrogen) atoms. The van der Waals surface area contributed by atoms with Crippen molar-refractivity contribution < 1.29 is 9.18 Å². The highest BCUT2D eigenvalue weighted by Crippen LogP contribution is 2.24. The maximum Gasteiger partial charge on any atom is 0.273 e. The Labute approximate surface area is 155 Å². The van der Waals surface area contributed by atoms with Gasteiger partial charge in [-0.2, -0.15) is 5.26 Å². The van der Waals surface area contributed by atoms with Crippen LogP contribution in [0.2, 0.25) is 0 Å². The number of hydrogen-bond donors (Lipinski definition) is 1. The Morgan fingerprint density at radius 1 is 1.33 bits per heavy atom. The van der Waals surface area contributed by atoms with E-state index in [1.807, 2.05) is 36.1 Å². The average molecular weight is 364 g/mol. The summed E-state index contributed by atoms with van der Waals surface area (Å²) in [4.78, 5) is 22.3. The van der Waals surface area contributed by atoms with Crippen LogP contribution in [0.3, 0.4) is 0 Å². The minimum absolute atomic E-state index is 0.178. The number of halogens is 1. The van der Waals surface area contributed by atoms with E-state index in [0.717, 1.165) is 16.6 Å². The fourth-order valence-corrected chi connectivity index (χ4v) is 3.30. The molecule has 3 aromatic rings. The second-order valence-electron chi connectivity index (χ2n) is 6.62. The molecule has 0 spiro atoms. The van der Waals surface area contributed by atoms with Crippen LogP contribution in [-0.4, -0.2) is 44.5 Å². The molecule has 3 aromatic heterocycles. The fraction of sp³-hybridized carbons (Fsp3) is 0.263. The molecule has 0 saturated carbocycles. The molecule has 0 bridgehead atoms. The van der Waals surface area contributed by atoms with E-state index in [-0.39, 0.29) is 11.7 Å². The summed E-state index contributed by atoms with van der Waals surface area (Å²) in [6.07, 6.45) is 7.74. The number of fused-ring (bicyclic) bond motifs is 1. The molecule has 1 aliphatic heterocycles. The number of nitriles is 1. The van der Waals surface area contributed by atoms with Crippen LogP contribution in [0.5, 0.6) is 0 Å². The summed E-state index contributed by atoms with van der Waals surface area (Å²) < 4.78 is 16.4. The molecule has 8 heteroatoms. The monoisotopic (exact) mass is 364 g/mol. The van der Waals surface area contributed by atoms with Crippen LogP contribution in [0.4, 0.5) is 4.39 Å². The van der Waals surface area contributed by atoms with E-state index in [2.05, 4.69) is 15.3 Å². The number of carbonyl (C=O) groups is 1. The Hall–Kier alpha value is -3.47. The minimum Gasteiger partial charge on any atom is -0.346 e. The molecule has 0 radical (unpaired) electrons. The second-order valence-corrected chi connectivity index (χ2v) is 6.62. The summed E-state index contributed by atoms with van der Waals surface area (Å²) in [6, 6.07) is 4.96. The minimum atomic E-state index is -0.687. The van der Waals surface area contributed by atoms with E-state index in [0.29, 0.717) is 25.1 Å². The van der Waals surface area contributed by atoms with Gasteiger partial charge < -0.3 is 14.8 Å². The van der Waals surface area contributed by atoms with Crippen molar-refractivity contribution in [2.75, 3.05) is 13.1 Å². The smallest absolute Gasteiger partial charge is 0.273 e. The highest BCUT2D eigenvalue weighted by Gasteiger charge is 2.25. The first-order valence-corrected chi connectivity index (χ1v) is 8.57. The Kier molecular flexibility index (Phi) is 4.20.